The third-order valence-electron chi connectivity index (χ3n) is 3.07. The first kappa shape index (κ1) is 13.7. The van der Waals surface area contributed by atoms with E-state index >= 15 is 0 Å². The predicted molar refractivity (Wildman–Crippen MR) is 82.3 cm³/mol. The monoisotopic (exact) mass is 294 g/mol. The molecule has 2 aromatic carbocycles. The molecule has 1 aromatic heterocycles. The number of hydrogen-bond donors (Lipinski definition) is 0. The van der Waals surface area contributed by atoms with E-state index in [1.807, 2.05) is 0 Å². The van der Waals surface area contributed by atoms with Crippen LogP contribution in [-0.4, -0.2) is 9.91 Å². The minimum atomic E-state index is -0.461. The Morgan fingerprint density at radius 2 is 1.77 bits per heavy atom. The Morgan fingerprint density at radius 1 is 1.05 bits per heavy atom. The van der Waals surface area contributed by atoms with Gasteiger partial charge in [-0.15, -0.1) is 0 Å². The zero-order valence-corrected chi connectivity index (χ0v) is 11.3. The molecule has 0 bridgehead atoms. The van der Waals surface area contributed by atoms with Crippen LogP contribution in [0.25, 0.3) is 23.1 Å². The molecule has 0 atom stereocenters. The van der Waals surface area contributed by atoms with Gasteiger partial charge in [-0.3, -0.25) is 10.1 Å². The van der Waals surface area contributed by atoms with Crippen LogP contribution in [0, 0.1) is 10.1 Å². The second kappa shape index (κ2) is 5.61. The Labute approximate surface area is 124 Å². The first-order chi connectivity index (χ1) is 10.6. The summed E-state index contributed by atoms with van der Waals surface area (Å²) in [4.78, 5) is 26.2. The van der Waals surface area contributed by atoms with Gasteiger partial charge in [0.05, 0.1) is 15.8 Å². The van der Waals surface area contributed by atoms with Crippen molar-refractivity contribution in [3.63, 3.8) is 0 Å². The molecule has 22 heavy (non-hydrogen) atoms. The van der Waals surface area contributed by atoms with Crippen molar-refractivity contribution in [2.75, 3.05) is 0 Å². The molecule has 3 aromatic rings. The molecule has 0 spiro atoms. The van der Waals surface area contributed by atoms with Gasteiger partial charge in [0.1, 0.15) is 0 Å². The van der Waals surface area contributed by atoms with Crippen molar-refractivity contribution >= 4 is 28.7 Å². The number of para-hydroxylation sites is 1. The number of fused-ring (bicyclic) bond motifs is 1. The lowest BCUT2D eigenvalue weighted by Crippen LogP contribution is -2.02. The topological polar surface area (TPSA) is 86.2 Å². The summed E-state index contributed by atoms with van der Waals surface area (Å²) in [7, 11) is 0. The van der Waals surface area contributed by atoms with E-state index in [9.17, 15) is 14.9 Å². The molecule has 0 saturated heterocycles. The SMILES string of the molecule is O=c1oc(C=Cc2ccc([N+](=O)[O-])cc2)nc2ccccc12. The molecule has 6 heteroatoms. The van der Waals surface area contributed by atoms with Crippen LogP contribution in [0.4, 0.5) is 5.69 Å². The summed E-state index contributed by atoms with van der Waals surface area (Å²) >= 11 is 0. The maximum Gasteiger partial charge on any atom is 0.347 e. The van der Waals surface area contributed by atoms with E-state index in [0.717, 1.165) is 5.56 Å². The number of rotatable bonds is 3. The largest absolute Gasteiger partial charge is 0.404 e. The Morgan fingerprint density at radius 3 is 2.50 bits per heavy atom. The summed E-state index contributed by atoms with van der Waals surface area (Å²) in [6.07, 6.45) is 3.22. The highest BCUT2D eigenvalue weighted by molar-refractivity contribution is 5.78. The second-order valence-corrected chi connectivity index (χ2v) is 4.54. The van der Waals surface area contributed by atoms with Crippen molar-refractivity contribution < 1.29 is 9.34 Å². The molecule has 0 fully saturated rings. The highest BCUT2D eigenvalue weighted by Crippen LogP contribution is 2.14. The van der Waals surface area contributed by atoms with Gasteiger partial charge in [-0.25, -0.2) is 9.78 Å². The number of nitro benzene ring substituents is 1. The lowest BCUT2D eigenvalue weighted by atomic mass is 10.2. The minimum absolute atomic E-state index is 0.0208. The van der Waals surface area contributed by atoms with E-state index in [-0.39, 0.29) is 11.6 Å². The lowest BCUT2D eigenvalue weighted by molar-refractivity contribution is -0.384. The van der Waals surface area contributed by atoms with Gasteiger partial charge >= 0.3 is 5.63 Å². The van der Waals surface area contributed by atoms with Crippen LogP contribution in [0.2, 0.25) is 0 Å². The number of hydrogen-bond acceptors (Lipinski definition) is 5. The molecule has 0 aliphatic heterocycles. The smallest absolute Gasteiger partial charge is 0.347 e. The summed E-state index contributed by atoms with van der Waals surface area (Å²) in [5.41, 5.74) is 0.867. The third kappa shape index (κ3) is 2.76. The predicted octanol–water partition coefficient (Wildman–Crippen LogP) is 3.27. The minimum Gasteiger partial charge on any atom is -0.404 e. The molecule has 0 aliphatic rings. The van der Waals surface area contributed by atoms with Crippen molar-refractivity contribution in [2.45, 2.75) is 0 Å². The number of non-ortho nitro benzene ring substituents is 1. The highest BCUT2D eigenvalue weighted by atomic mass is 16.6. The van der Waals surface area contributed by atoms with E-state index in [2.05, 4.69) is 4.98 Å². The molecule has 0 saturated carbocycles. The molecule has 3 rings (SSSR count). The van der Waals surface area contributed by atoms with Crippen LogP contribution < -0.4 is 5.63 Å². The molecule has 0 amide bonds. The van der Waals surface area contributed by atoms with Crippen molar-refractivity contribution in [1.82, 2.24) is 4.98 Å². The van der Waals surface area contributed by atoms with Crippen LogP contribution in [0.15, 0.2) is 57.7 Å². The molecule has 108 valence electrons. The molecule has 0 N–H and O–H groups in total. The zero-order valence-electron chi connectivity index (χ0n) is 11.3. The van der Waals surface area contributed by atoms with Gasteiger partial charge in [0.15, 0.2) is 0 Å². The Kier molecular flexibility index (Phi) is 3.49. The Bertz CT molecular complexity index is 927. The third-order valence-corrected chi connectivity index (χ3v) is 3.07. The van der Waals surface area contributed by atoms with Gasteiger partial charge in [-0.05, 0) is 35.9 Å². The van der Waals surface area contributed by atoms with Gasteiger partial charge in [-0.2, -0.15) is 0 Å². The maximum absolute atomic E-state index is 11.8. The summed E-state index contributed by atoms with van der Waals surface area (Å²) < 4.78 is 5.11. The zero-order chi connectivity index (χ0) is 15.5. The van der Waals surface area contributed by atoms with Crippen LogP contribution in [0.5, 0.6) is 0 Å². The van der Waals surface area contributed by atoms with E-state index < -0.39 is 10.5 Å². The van der Waals surface area contributed by atoms with Crippen LogP contribution >= 0.6 is 0 Å². The van der Waals surface area contributed by atoms with Crippen LogP contribution in [0.1, 0.15) is 11.5 Å². The lowest BCUT2D eigenvalue weighted by Gasteiger charge is -1.97. The average molecular weight is 294 g/mol. The fourth-order valence-corrected chi connectivity index (χ4v) is 1.98. The number of nitrogens with zero attached hydrogens (tertiary/aromatic N) is 2. The van der Waals surface area contributed by atoms with Crippen molar-refractivity contribution in [2.24, 2.45) is 0 Å². The van der Waals surface area contributed by atoms with Gasteiger partial charge in [0.2, 0.25) is 5.89 Å². The quantitative estimate of drug-likeness (QED) is 0.546. The van der Waals surface area contributed by atoms with Gasteiger partial charge in [0.25, 0.3) is 5.69 Å². The fourth-order valence-electron chi connectivity index (χ4n) is 1.98. The normalized spacial score (nSPS) is 11.1. The van der Waals surface area contributed by atoms with Crippen molar-refractivity contribution in [3.05, 3.63) is 80.5 Å². The Balaban J connectivity index is 1.92. The molecular weight excluding hydrogens is 284 g/mol. The summed E-state index contributed by atoms with van der Waals surface area (Å²) in [6, 6.07) is 12.9. The molecule has 1 heterocycles. The van der Waals surface area contributed by atoms with Crippen LogP contribution in [0.3, 0.4) is 0 Å². The maximum atomic E-state index is 11.8. The van der Waals surface area contributed by atoms with Gasteiger partial charge in [-0.1, -0.05) is 12.1 Å². The summed E-state index contributed by atoms with van der Waals surface area (Å²) in [6.45, 7) is 0. The summed E-state index contributed by atoms with van der Waals surface area (Å²) in [5.74, 6) is 0.182. The average Bonchev–Trinajstić information content (AvgIpc) is 2.53. The number of nitro groups is 1. The van der Waals surface area contributed by atoms with Gasteiger partial charge in [0, 0.05) is 18.2 Å². The standard InChI is InChI=1S/C16H10N2O4/c19-16-13-3-1-2-4-14(13)17-15(22-16)10-7-11-5-8-12(9-6-11)18(20)21/h1-10H. The van der Waals surface area contributed by atoms with E-state index in [4.69, 9.17) is 4.42 Å². The molecule has 6 nitrogen and oxygen atoms in total. The fraction of sp³-hybridized carbons (Fsp3) is 0. The molecule has 0 radical (unpaired) electrons. The first-order valence-electron chi connectivity index (χ1n) is 6.46. The molecule has 0 unspecified atom stereocenters. The van der Waals surface area contributed by atoms with Crippen molar-refractivity contribution in [3.8, 4) is 0 Å². The molecule has 0 aliphatic carbocycles. The molecular formula is C16H10N2O4. The number of benzene rings is 2. The second-order valence-electron chi connectivity index (χ2n) is 4.54. The van der Waals surface area contributed by atoms with Gasteiger partial charge < -0.3 is 4.42 Å². The summed E-state index contributed by atoms with van der Waals surface area (Å²) in [5, 5.41) is 11.0. The first-order valence-corrected chi connectivity index (χ1v) is 6.46. The van der Waals surface area contributed by atoms with E-state index in [1.54, 1.807) is 48.6 Å². The van der Waals surface area contributed by atoms with E-state index in [0.29, 0.717) is 10.9 Å². The highest BCUT2D eigenvalue weighted by Gasteiger charge is 2.04. The number of aromatic nitrogens is 1. The Hall–Kier alpha value is -3.28. The van der Waals surface area contributed by atoms with Crippen LogP contribution in [-0.2, 0) is 0 Å². The van der Waals surface area contributed by atoms with E-state index in [1.165, 1.54) is 12.1 Å². The van der Waals surface area contributed by atoms with Crippen molar-refractivity contribution in [1.29, 1.82) is 0 Å².